The predicted octanol–water partition coefficient (Wildman–Crippen LogP) is 2.71. The fourth-order valence-electron chi connectivity index (χ4n) is 1.72. The summed E-state index contributed by atoms with van der Waals surface area (Å²) < 4.78 is 0. The predicted molar refractivity (Wildman–Crippen MR) is 46.4 cm³/mol. The Morgan fingerprint density at radius 1 is 1.55 bits per heavy atom. The van der Waals surface area contributed by atoms with Crippen LogP contribution in [0.2, 0.25) is 0 Å². The highest BCUT2D eigenvalue weighted by atomic mass is 16.1. The molecule has 0 heterocycles. The van der Waals surface area contributed by atoms with Crippen LogP contribution in [-0.2, 0) is 4.79 Å². The molecular formula is C10H16O. The molecule has 11 heavy (non-hydrogen) atoms. The summed E-state index contributed by atoms with van der Waals surface area (Å²) in [6.45, 7) is 3.78. The van der Waals surface area contributed by atoms with Gasteiger partial charge in [-0.3, -0.25) is 4.79 Å². The first kappa shape index (κ1) is 8.51. The van der Waals surface area contributed by atoms with Gasteiger partial charge in [0.05, 0.1) is 0 Å². The van der Waals surface area contributed by atoms with Crippen LogP contribution in [0.4, 0.5) is 0 Å². The molecule has 0 saturated heterocycles. The number of rotatable bonds is 1. The zero-order valence-corrected chi connectivity index (χ0v) is 7.39. The van der Waals surface area contributed by atoms with Gasteiger partial charge in [0.1, 0.15) is 5.78 Å². The molecule has 1 unspecified atom stereocenters. The molecule has 0 spiro atoms. The Bertz CT molecular complexity index is 179. The second kappa shape index (κ2) is 3.70. The van der Waals surface area contributed by atoms with Crippen LogP contribution < -0.4 is 0 Å². The molecule has 0 aliphatic heterocycles. The number of ketones is 1. The quantitative estimate of drug-likeness (QED) is 0.528. The van der Waals surface area contributed by atoms with Gasteiger partial charge in [-0.05, 0) is 33.1 Å². The minimum atomic E-state index is 0.234. The molecule has 1 aliphatic rings. The molecule has 0 N–H and O–H groups in total. The van der Waals surface area contributed by atoms with Gasteiger partial charge in [0.15, 0.2) is 0 Å². The third-order valence-corrected chi connectivity index (χ3v) is 2.45. The fourth-order valence-corrected chi connectivity index (χ4v) is 1.72. The van der Waals surface area contributed by atoms with Crippen LogP contribution >= 0.6 is 0 Å². The van der Waals surface area contributed by atoms with Gasteiger partial charge in [0.2, 0.25) is 0 Å². The molecule has 0 amide bonds. The first-order valence-corrected chi connectivity index (χ1v) is 4.39. The average Bonchev–Trinajstić information content (AvgIpc) is 2.13. The first-order valence-electron chi connectivity index (χ1n) is 4.39. The largest absolute Gasteiger partial charge is 0.299 e. The van der Waals surface area contributed by atoms with Crippen molar-refractivity contribution in [2.75, 3.05) is 0 Å². The standard InChI is InChI=1S/C10H16O/c1-8-6-4-3-5-7-10(8)9(2)11/h6,10H,3-5,7H2,1-2H3. The number of allylic oxidation sites excluding steroid dienone is 2. The van der Waals surface area contributed by atoms with Crippen LogP contribution in [0.3, 0.4) is 0 Å². The summed E-state index contributed by atoms with van der Waals surface area (Å²) in [5.41, 5.74) is 1.29. The van der Waals surface area contributed by atoms with E-state index in [1.54, 1.807) is 6.92 Å². The molecular weight excluding hydrogens is 136 g/mol. The summed E-state index contributed by atoms with van der Waals surface area (Å²) in [7, 11) is 0. The second-order valence-electron chi connectivity index (χ2n) is 3.40. The summed E-state index contributed by atoms with van der Waals surface area (Å²) in [5, 5.41) is 0. The second-order valence-corrected chi connectivity index (χ2v) is 3.40. The molecule has 0 fully saturated rings. The normalized spacial score (nSPS) is 25.6. The maximum Gasteiger partial charge on any atom is 0.136 e. The number of hydrogen-bond donors (Lipinski definition) is 0. The van der Waals surface area contributed by atoms with Crippen LogP contribution in [-0.4, -0.2) is 5.78 Å². The van der Waals surface area contributed by atoms with E-state index in [1.165, 1.54) is 18.4 Å². The van der Waals surface area contributed by atoms with Crippen LogP contribution in [0.1, 0.15) is 39.5 Å². The summed E-state index contributed by atoms with van der Waals surface area (Å²) in [4.78, 5) is 11.1. The van der Waals surface area contributed by atoms with Crippen LogP contribution in [0.5, 0.6) is 0 Å². The highest BCUT2D eigenvalue weighted by Gasteiger charge is 2.16. The van der Waals surface area contributed by atoms with Crippen molar-refractivity contribution in [3.63, 3.8) is 0 Å². The van der Waals surface area contributed by atoms with Gasteiger partial charge in [-0.1, -0.05) is 18.1 Å². The van der Waals surface area contributed by atoms with E-state index in [0.29, 0.717) is 5.78 Å². The third kappa shape index (κ3) is 2.18. The highest BCUT2D eigenvalue weighted by molar-refractivity contribution is 5.81. The van der Waals surface area contributed by atoms with E-state index in [-0.39, 0.29) is 5.92 Å². The van der Waals surface area contributed by atoms with E-state index in [2.05, 4.69) is 13.0 Å². The molecule has 1 atom stereocenters. The molecule has 1 aliphatic carbocycles. The lowest BCUT2D eigenvalue weighted by molar-refractivity contribution is -0.119. The number of hydrogen-bond acceptors (Lipinski definition) is 1. The molecule has 0 aromatic carbocycles. The first-order chi connectivity index (χ1) is 5.22. The summed E-state index contributed by atoms with van der Waals surface area (Å²) in [6, 6.07) is 0. The van der Waals surface area contributed by atoms with Crippen LogP contribution in [0, 0.1) is 5.92 Å². The van der Waals surface area contributed by atoms with Gasteiger partial charge in [-0.25, -0.2) is 0 Å². The molecule has 1 rings (SSSR count). The Labute approximate surface area is 68.5 Å². The van der Waals surface area contributed by atoms with Crippen molar-refractivity contribution in [1.82, 2.24) is 0 Å². The van der Waals surface area contributed by atoms with Gasteiger partial charge in [0, 0.05) is 5.92 Å². The minimum absolute atomic E-state index is 0.234. The Hall–Kier alpha value is -0.590. The molecule has 0 bridgehead atoms. The molecule has 0 aromatic heterocycles. The van der Waals surface area contributed by atoms with Crippen molar-refractivity contribution in [2.45, 2.75) is 39.5 Å². The van der Waals surface area contributed by atoms with Gasteiger partial charge in [-0.2, -0.15) is 0 Å². The van der Waals surface area contributed by atoms with Gasteiger partial charge < -0.3 is 0 Å². The summed E-state index contributed by atoms with van der Waals surface area (Å²) in [6.07, 6.45) is 6.91. The molecule has 1 heteroatoms. The lowest BCUT2D eigenvalue weighted by Gasteiger charge is -2.10. The SMILES string of the molecule is CC(=O)C1CCCCC=C1C. The van der Waals surface area contributed by atoms with Gasteiger partial charge in [0.25, 0.3) is 0 Å². The van der Waals surface area contributed by atoms with E-state index >= 15 is 0 Å². The average molecular weight is 152 g/mol. The molecule has 0 saturated carbocycles. The van der Waals surface area contributed by atoms with Gasteiger partial charge in [-0.15, -0.1) is 0 Å². The zero-order valence-electron chi connectivity index (χ0n) is 7.39. The van der Waals surface area contributed by atoms with Crippen molar-refractivity contribution < 1.29 is 4.79 Å². The van der Waals surface area contributed by atoms with E-state index in [1.807, 2.05) is 0 Å². The smallest absolute Gasteiger partial charge is 0.136 e. The summed E-state index contributed by atoms with van der Waals surface area (Å²) in [5.74, 6) is 0.568. The Morgan fingerprint density at radius 3 is 2.91 bits per heavy atom. The lowest BCUT2D eigenvalue weighted by atomic mass is 9.93. The molecule has 0 aromatic rings. The maximum atomic E-state index is 11.1. The number of carbonyl (C=O) groups is 1. The Kier molecular flexibility index (Phi) is 2.86. The fraction of sp³-hybridized carbons (Fsp3) is 0.700. The maximum absolute atomic E-state index is 11.1. The van der Waals surface area contributed by atoms with Crippen LogP contribution in [0.15, 0.2) is 11.6 Å². The minimum Gasteiger partial charge on any atom is -0.299 e. The molecule has 1 nitrogen and oxygen atoms in total. The van der Waals surface area contributed by atoms with Crippen molar-refractivity contribution in [2.24, 2.45) is 5.92 Å². The number of Topliss-reactive ketones (excluding diaryl/α,β-unsaturated/α-hetero) is 1. The van der Waals surface area contributed by atoms with Crippen molar-refractivity contribution in [1.29, 1.82) is 0 Å². The van der Waals surface area contributed by atoms with E-state index < -0.39 is 0 Å². The van der Waals surface area contributed by atoms with Crippen molar-refractivity contribution in [3.05, 3.63) is 11.6 Å². The van der Waals surface area contributed by atoms with Gasteiger partial charge >= 0.3 is 0 Å². The Morgan fingerprint density at radius 2 is 2.27 bits per heavy atom. The van der Waals surface area contributed by atoms with E-state index in [4.69, 9.17) is 0 Å². The van der Waals surface area contributed by atoms with Crippen molar-refractivity contribution >= 4 is 5.78 Å². The van der Waals surface area contributed by atoms with Crippen molar-refractivity contribution in [3.8, 4) is 0 Å². The lowest BCUT2D eigenvalue weighted by Crippen LogP contribution is -2.10. The van der Waals surface area contributed by atoms with Crippen LogP contribution in [0.25, 0.3) is 0 Å². The summed E-state index contributed by atoms with van der Waals surface area (Å²) >= 11 is 0. The Balaban J connectivity index is 2.67. The molecule has 0 radical (unpaired) electrons. The van der Waals surface area contributed by atoms with E-state index in [9.17, 15) is 4.79 Å². The third-order valence-electron chi connectivity index (χ3n) is 2.45. The number of carbonyl (C=O) groups excluding carboxylic acids is 1. The topological polar surface area (TPSA) is 17.1 Å². The van der Waals surface area contributed by atoms with E-state index in [0.717, 1.165) is 12.8 Å². The molecule has 62 valence electrons. The zero-order chi connectivity index (χ0) is 8.27. The monoisotopic (exact) mass is 152 g/mol. The highest BCUT2D eigenvalue weighted by Crippen LogP contribution is 2.23.